The minimum atomic E-state index is -0.847. The minimum Gasteiger partial charge on any atom is -0.506 e. The number of thioether (sulfide) groups is 1. The number of amides is 1. The number of benzene rings is 3. The number of anilines is 1. The summed E-state index contributed by atoms with van der Waals surface area (Å²) in [6, 6.07) is 21.8. The van der Waals surface area contributed by atoms with Gasteiger partial charge < -0.3 is 15.1 Å². The highest BCUT2D eigenvalue weighted by atomic mass is 35.5. The van der Waals surface area contributed by atoms with E-state index in [-0.39, 0.29) is 34.3 Å². The monoisotopic (exact) mass is 520 g/mol. The molecule has 1 amide bonds. The van der Waals surface area contributed by atoms with Gasteiger partial charge in [0.05, 0.1) is 17.2 Å². The van der Waals surface area contributed by atoms with Gasteiger partial charge >= 0.3 is 0 Å². The van der Waals surface area contributed by atoms with Gasteiger partial charge in [-0.3, -0.25) is 9.78 Å². The van der Waals surface area contributed by atoms with E-state index in [1.807, 2.05) is 36.4 Å². The number of phenolic OH excluding ortho intramolecular Hbond substituents is 1. The Bertz CT molecular complexity index is 1370. The van der Waals surface area contributed by atoms with Gasteiger partial charge in [-0.2, -0.15) is 0 Å². The van der Waals surface area contributed by atoms with Crippen LogP contribution < -0.4 is 4.90 Å². The van der Waals surface area contributed by atoms with Crippen molar-refractivity contribution in [2.24, 2.45) is 0 Å². The van der Waals surface area contributed by atoms with Gasteiger partial charge in [0, 0.05) is 23.8 Å². The molecule has 0 bridgehead atoms. The minimum absolute atomic E-state index is 0.0330. The number of aromatic hydroxyl groups is 1. The zero-order chi connectivity index (χ0) is 25.2. The van der Waals surface area contributed by atoms with Crippen LogP contribution in [0.25, 0.3) is 11.1 Å². The number of phenols is 1. The molecule has 36 heavy (non-hydrogen) atoms. The normalized spacial score (nSPS) is 18.1. The molecule has 182 valence electrons. The summed E-state index contributed by atoms with van der Waals surface area (Å²) in [6.07, 6.45) is 2.65. The maximum absolute atomic E-state index is 13.3. The number of nitrogens with zero attached hydrogens (tertiary/aromatic N) is 2. The van der Waals surface area contributed by atoms with Gasteiger partial charge in [-0.1, -0.05) is 48.0 Å². The lowest BCUT2D eigenvalue weighted by Crippen LogP contribution is -2.57. The first-order chi connectivity index (χ1) is 17.4. The van der Waals surface area contributed by atoms with Crippen molar-refractivity contribution in [3.8, 4) is 16.9 Å². The average molecular weight is 521 g/mol. The third kappa shape index (κ3) is 4.82. The second-order valence-electron chi connectivity index (χ2n) is 8.47. The van der Waals surface area contributed by atoms with E-state index in [2.05, 4.69) is 4.98 Å². The second kappa shape index (κ2) is 10.3. The van der Waals surface area contributed by atoms with E-state index in [0.717, 1.165) is 22.4 Å². The summed E-state index contributed by atoms with van der Waals surface area (Å²) in [6.45, 7) is 0. The Morgan fingerprint density at radius 3 is 2.44 bits per heavy atom. The van der Waals surface area contributed by atoms with Crippen molar-refractivity contribution in [3.63, 3.8) is 0 Å². The van der Waals surface area contributed by atoms with Gasteiger partial charge in [0.15, 0.2) is 0 Å². The van der Waals surface area contributed by atoms with Crippen LogP contribution in [0.5, 0.6) is 5.75 Å². The van der Waals surface area contributed by atoms with E-state index in [0.29, 0.717) is 5.56 Å². The topological polar surface area (TPSA) is 73.7 Å². The Balaban J connectivity index is 1.39. The molecule has 0 aliphatic carbocycles. The Morgan fingerprint density at radius 2 is 1.78 bits per heavy atom. The summed E-state index contributed by atoms with van der Waals surface area (Å²) < 4.78 is 13.2. The summed E-state index contributed by atoms with van der Waals surface area (Å²) in [5, 5.41) is 20.2. The van der Waals surface area contributed by atoms with Crippen molar-refractivity contribution in [1.29, 1.82) is 0 Å². The Hall–Kier alpha value is -3.39. The van der Waals surface area contributed by atoms with E-state index in [9.17, 15) is 19.4 Å². The molecule has 0 saturated carbocycles. The molecule has 4 aromatic rings. The molecule has 5 nitrogen and oxygen atoms in total. The van der Waals surface area contributed by atoms with Gasteiger partial charge in [0.25, 0.3) is 0 Å². The molecule has 1 saturated heterocycles. The zero-order valence-corrected chi connectivity index (χ0v) is 20.5. The third-order valence-electron chi connectivity index (χ3n) is 6.19. The first-order valence-electron chi connectivity index (χ1n) is 11.3. The molecule has 2 N–H and O–H groups in total. The Labute approximate surface area is 217 Å². The first-order valence-corrected chi connectivity index (χ1v) is 12.7. The Morgan fingerprint density at radius 1 is 1.03 bits per heavy atom. The van der Waals surface area contributed by atoms with Crippen LogP contribution in [0.3, 0.4) is 0 Å². The molecule has 1 fully saturated rings. The van der Waals surface area contributed by atoms with E-state index in [4.69, 9.17) is 11.6 Å². The van der Waals surface area contributed by atoms with Crippen LogP contribution in [-0.2, 0) is 4.79 Å². The van der Waals surface area contributed by atoms with Crippen LogP contribution in [0.1, 0.15) is 23.3 Å². The largest absolute Gasteiger partial charge is 0.506 e. The fourth-order valence-electron chi connectivity index (χ4n) is 4.27. The third-order valence-corrected chi connectivity index (χ3v) is 7.82. The number of halogens is 2. The van der Waals surface area contributed by atoms with Crippen LogP contribution in [0.15, 0.2) is 91.3 Å². The molecule has 3 aromatic carbocycles. The van der Waals surface area contributed by atoms with Crippen LogP contribution in [0.2, 0.25) is 5.02 Å². The summed E-state index contributed by atoms with van der Waals surface area (Å²) in [4.78, 5) is 19.2. The molecule has 0 radical (unpaired) electrons. The van der Waals surface area contributed by atoms with E-state index in [1.165, 1.54) is 42.1 Å². The smallest absolute Gasteiger partial charge is 0.243 e. The second-order valence-corrected chi connectivity index (χ2v) is 10.1. The average Bonchev–Trinajstić information content (AvgIpc) is 2.90. The predicted octanol–water partition coefficient (Wildman–Crippen LogP) is 6.17. The molecular formula is C28H22ClFN2O3S. The number of aliphatic hydroxyl groups excluding tert-OH is 1. The zero-order valence-electron chi connectivity index (χ0n) is 19.0. The fourth-order valence-corrected chi connectivity index (χ4v) is 5.76. The van der Waals surface area contributed by atoms with Gasteiger partial charge in [-0.05, 0) is 64.7 Å². The van der Waals surface area contributed by atoms with Crippen LogP contribution in [0, 0.1) is 5.82 Å². The molecule has 5 rings (SSSR count). The molecule has 3 atom stereocenters. The number of aliphatic hydroxyl groups is 1. The number of pyridine rings is 1. The molecule has 0 spiro atoms. The Kier molecular flexibility index (Phi) is 6.96. The first kappa shape index (κ1) is 24.3. The SMILES string of the molecule is O=C1[C@H](SC[C@H](O)c2ccc(F)cc2)[C@@H](c2ccc(O)c(Cl)c2)N1c1ccc(-c2cccnc2)cc1. The quantitative estimate of drug-likeness (QED) is 0.285. The van der Waals surface area contributed by atoms with Gasteiger partial charge in [0.1, 0.15) is 16.8 Å². The van der Waals surface area contributed by atoms with Crippen molar-refractivity contribution in [1.82, 2.24) is 4.98 Å². The number of β-lactam (4-membered cyclic amide) rings is 1. The molecule has 8 heteroatoms. The summed E-state index contributed by atoms with van der Waals surface area (Å²) >= 11 is 7.53. The highest BCUT2D eigenvalue weighted by molar-refractivity contribution is 8.00. The molecule has 0 unspecified atom stereocenters. The van der Waals surface area contributed by atoms with Crippen molar-refractivity contribution in [2.45, 2.75) is 17.4 Å². The summed E-state index contributed by atoms with van der Waals surface area (Å²) in [5.41, 5.74) is 4.06. The standard InChI is InChI=1S/C28H22ClFN2O3S/c29-23-14-19(7-12-24(23)33)26-27(36-16-25(34)18-3-8-21(30)9-4-18)28(35)32(26)22-10-5-17(6-11-22)20-2-1-13-31-15-20/h1-15,25-27,33-34H,16H2/t25-,26+,27+/m0/s1. The summed E-state index contributed by atoms with van der Waals surface area (Å²) in [7, 11) is 0. The molecule has 1 aliphatic rings. The van der Waals surface area contributed by atoms with E-state index >= 15 is 0 Å². The van der Waals surface area contributed by atoms with E-state index < -0.39 is 11.4 Å². The lowest BCUT2D eigenvalue weighted by Gasteiger charge is -2.47. The number of hydrogen-bond donors (Lipinski definition) is 2. The molecule has 1 aromatic heterocycles. The van der Waals surface area contributed by atoms with Crippen molar-refractivity contribution < 1.29 is 19.4 Å². The highest BCUT2D eigenvalue weighted by Gasteiger charge is 2.49. The number of hydrogen-bond acceptors (Lipinski definition) is 5. The number of carbonyl (C=O) groups is 1. The van der Waals surface area contributed by atoms with Crippen molar-refractivity contribution in [2.75, 3.05) is 10.7 Å². The van der Waals surface area contributed by atoms with Crippen LogP contribution in [0.4, 0.5) is 10.1 Å². The van der Waals surface area contributed by atoms with Crippen molar-refractivity contribution in [3.05, 3.63) is 113 Å². The summed E-state index contributed by atoms with van der Waals surface area (Å²) in [5.74, 6) is -0.232. The van der Waals surface area contributed by atoms with E-state index in [1.54, 1.807) is 29.4 Å². The van der Waals surface area contributed by atoms with Crippen molar-refractivity contribution >= 4 is 35.0 Å². The number of carbonyl (C=O) groups excluding carboxylic acids is 1. The van der Waals surface area contributed by atoms with Crippen LogP contribution in [-0.4, -0.2) is 32.1 Å². The molecular weight excluding hydrogens is 499 g/mol. The molecule has 2 heterocycles. The maximum atomic E-state index is 13.3. The lowest BCUT2D eigenvalue weighted by molar-refractivity contribution is -0.123. The lowest BCUT2D eigenvalue weighted by atomic mass is 9.92. The van der Waals surface area contributed by atoms with Gasteiger partial charge in [-0.25, -0.2) is 4.39 Å². The highest BCUT2D eigenvalue weighted by Crippen LogP contribution is 2.47. The van der Waals surface area contributed by atoms with Gasteiger partial charge in [-0.15, -0.1) is 11.8 Å². The van der Waals surface area contributed by atoms with Gasteiger partial charge in [0.2, 0.25) is 5.91 Å². The maximum Gasteiger partial charge on any atom is 0.243 e. The predicted molar refractivity (Wildman–Crippen MR) is 141 cm³/mol. The van der Waals surface area contributed by atoms with Crippen LogP contribution >= 0.6 is 23.4 Å². The fraction of sp³-hybridized carbons (Fsp3) is 0.143. The molecule has 1 aliphatic heterocycles. The number of rotatable bonds is 7. The number of aromatic nitrogens is 1.